The summed E-state index contributed by atoms with van der Waals surface area (Å²) in [6.07, 6.45) is -1.71. The highest BCUT2D eigenvalue weighted by molar-refractivity contribution is 6.67. The molecule has 0 saturated heterocycles. The Morgan fingerprint density at radius 3 is 2.11 bits per heavy atom. The van der Waals surface area contributed by atoms with Gasteiger partial charge in [0, 0.05) is 0 Å². The summed E-state index contributed by atoms with van der Waals surface area (Å²) in [6.45, 7) is -0.514. The molecule has 6 heteroatoms. The highest BCUT2D eigenvalue weighted by Crippen LogP contribution is 2.25. The van der Waals surface area contributed by atoms with Gasteiger partial charge in [-0.15, -0.1) is 0 Å². The first-order chi connectivity index (χ1) is 3.92. The average molecular weight is 192 g/mol. The van der Waals surface area contributed by atoms with Gasteiger partial charge in [-0.1, -0.05) is 34.8 Å². The Balaban J connectivity index is 3.39. The van der Waals surface area contributed by atoms with Crippen LogP contribution in [0.15, 0.2) is 0 Å². The number of halogens is 3. The van der Waals surface area contributed by atoms with Crippen LogP contribution in [-0.2, 0) is 4.74 Å². The third-order valence-corrected chi connectivity index (χ3v) is 0.681. The zero-order valence-electron chi connectivity index (χ0n) is 4.07. The van der Waals surface area contributed by atoms with Gasteiger partial charge in [-0.3, -0.25) is 0 Å². The van der Waals surface area contributed by atoms with E-state index in [0.717, 1.165) is 0 Å². The summed E-state index contributed by atoms with van der Waals surface area (Å²) in [5, 5.41) is 9.54. The third-order valence-electron chi connectivity index (χ3n) is 0.354. The van der Waals surface area contributed by atoms with Crippen molar-refractivity contribution in [3.8, 4) is 0 Å². The minimum Gasteiger partial charge on any atom is -0.545 e. The first-order valence-corrected chi connectivity index (χ1v) is 2.96. The van der Waals surface area contributed by atoms with Crippen molar-refractivity contribution in [3.63, 3.8) is 0 Å². The summed E-state index contributed by atoms with van der Waals surface area (Å²) in [4.78, 5) is 9.54. The van der Waals surface area contributed by atoms with Crippen LogP contribution in [0.4, 0.5) is 4.79 Å². The van der Waals surface area contributed by atoms with Gasteiger partial charge >= 0.3 is 0 Å². The number of rotatable bonds is 1. The lowest BCUT2D eigenvalue weighted by molar-refractivity contribution is -0.282. The molecule has 0 unspecified atom stereocenters. The molecule has 0 rings (SSSR count). The molecule has 0 aromatic carbocycles. The smallest absolute Gasteiger partial charge is 0.252 e. The van der Waals surface area contributed by atoms with Crippen LogP contribution in [-0.4, -0.2) is 16.6 Å². The lowest BCUT2D eigenvalue weighted by Gasteiger charge is -2.13. The lowest BCUT2D eigenvalue weighted by atomic mass is 10.8. The molecule has 0 radical (unpaired) electrons. The molecule has 0 aliphatic rings. The van der Waals surface area contributed by atoms with E-state index in [1.165, 1.54) is 0 Å². The number of alkyl halides is 3. The second kappa shape index (κ2) is 3.34. The van der Waals surface area contributed by atoms with Crippen molar-refractivity contribution in [2.24, 2.45) is 0 Å². The van der Waals surface area contributed by atoms with E-state index in [1.54, 1.807) is 0 Å². The maximum absolute atomic E-state index is 9.54. The summed E-state index contributed by atoms with van der Waals surface area (Å²) in [5.41, 5.74) is 0. The van der Waals surface area contributed by atoms with Crippen molar-refractivity contribution in [3.05, 3.63) is 0 Å². The standard InChI is InChI=1S/C3H3Cl3O3/c4-3(5,6)1-9-2(7)8/h1H2,(H,7,8)/p-1. The number of hydrogen-bond donors (Lipinski definition) is 0. The number of carbonyl (C=O) groups excluding carboxylic acids is 1. The van der Waals surface area contributed by atoms with Gasteiger partial charge in [-0.2, -0.15) is 0 Å². The molecule has 9 heavy (non-hydrogen) atoms. The van der Waals surface area contributed by atoms with Crippen molar-refractivity contribution >= 4 is 41.0 Å². The molecule has 0 aromatic heterocycles. The fourth-order valence-electron chi connectivity index (χ4n) is 0.141. The molecular weight excluding hydrogens is 190 g/mol. The van der Waals surface area contributed by atoms with E-state index in [4.69, 9.17) is 34.8 Å². The van der Waals surface area contributed by atoms with Crippen LogP contribution < -0.4 is 5.11 Å². The van der Waals surface area contributed by atoms with Crippen LogP contribution in [0.2, 0.25) is 0 Å². The molecule has 0 amide bonds. The monoisotopic (exact) mass is 191 g/mol. The summed E-state index contributed by atoms with van der Waals surface area (Å²) in [6, 6.07) is 0. The number of ether oxygens (including phenoxy) is 1. The summed E-state index contributed by atoms with van der Waals surface area (Å²) in [7, 11) is 0. The molecule has 0 bridgehead atoms. The predicted molar refractivity (Wildman–Crippen MR) is 31.6 cm³/mol. The van der Waals surface area contributed by atoms with E-state index < -0.39 is 16.6 Å². The Morgan fingerprint density at radius 2 is 2.00 bits per heavy atom. The maximum atomic E-state index is 9.54. The maximum Gasteiger partial charge on any atom is 0.252 e. The van der Waals surface area contributed by atoms with Crippen molar-refractivity contribution < 1.29 is 14.6 Å². The van der Waals surface area contributed by atoms with Gasteiger partial charge in [-0.05, 0) is 0 Å². The van der Waals surface area contributed by atoms with E-state index in [-0.39, 0.29) is 0 Å². The third kappa shape index (κ3) is 8.14. The molecule has 0 aliphatic heterocycles. The Bertz CT molecular complexity index is 107. The fourth-order valence-corrected chi connectivity index (χ4v) is 0.304. The topological polar surface area (TPSA) is 49.4 Å². The summed E-state index contributed by atoms with van der Waals surface area (Å²) >= 11 is 15.3. The van der Waals surface area contributed by atoms with E-state index in [0.29, 0.717) is 0 Å². The van der Waals surface area contributed by atoms with E-state index in [9.17, 15) is 9.90 Å². The van der Waals surface area contributed by atoms with Crippen LogP contribution in [0.5, 0.6) is 0 Å². The normalized spacial score (nSPS) is 11.0. The average Bonchev–Trinajstić information content (AvgIpc) is 1.59. The Kier molecular flexibility index (Phi) is 3.40. The molecule has 0 fully saturated rings. The molecule has 0 aromatic rings. The minimum absolute atomic E-state index is 0.514. The van der Waals surface area contributed by atoms with Crippen molar-refractivity contribution in [2.75, 3.05) is 6.61 Å². The number of carbonyl (C=O) groups is 1. The number of hydrogen-bond acceptors (Lipinski definition) is 3. The SMILES string of the molecule is O=C([O-])OCC(Cl)(Cl)Cl. The molecular formula is C3H2Cl3O3-. The van der Waals surface area contributed by atoms with E-state index in [1.807, 2.05) is 0 Å². The summed E-state index contributed by atoms with van der Waals surface area (Å²) < 4.78 is 2.12. The summed E-state index contributed by atoms with van der Waals surface area (Å²) in [5.74, 6) is 0. The van der Waals surface area contributed by atoms with Crippen LogP contribution in [0.3, 0.4) is 0 Å². The van der Waals surface area contributed by atoms with Gasteiger partial charge < -0.3 is 14.6 Å². The van der Waals surface area contributed by atoms with E-state index >= 15 is 0 Å². The largest absolute Gasteiger partial charge is 0.545 e. The Morgan fingerprint density at radius 1 is 1.56 bits per heavy atom. The van der Waals surface area contributed by atoms with Crippen LogP contribution in [0, 0.1) is 0 Å². The van der Waals surface area contributed by atoms with Gasteiger partial charge in [-0.25, -0.2) is 0 Å². The van der Waals surface area contributed by atoms with Crippen molar-refractivity contribution in [1.29, 1.82) is 0 Å². The first kappa shape index (κ1) is 9.14. The molecule has 0 spiro atoms. The molecule has 54 valence electrons. The van der Waals surface area contributed by atoms with Gasteiger partial charge in [0.1, 0.15) is 0 Å². The molecule has 0 aliphatic carbocycles. The van der Waals surface area contributed by atoms with E-state index in [2.05, 4.69) is 4.74 Å². The van der Waals surface area contributed by atoms with Crippen LogP contribution >= 0.6 is 34.8 Å². The highest BCUT2D eigenvalue weighted by atomic mass is 35.6. The lowest BCUT2D eigenvalue weighted by Crippen LogP contribution is -2.27. The van der Waals surface area contributed by atoms with Gasteiger partial charge in [0.15, 0.2) is 0 Å². The molecule has 0 saturated carbocycles. The predicted octanol–water partition coefficient (Wildman–Crippen LogP) is 0.716. The van der Waals surface area contributed by atoms with Crippen LogP contribution in [0.25, 0.3) is 0 Å². The minimum atomic E-state index is -1.71. The second-order valence-corrected chi connectivity index (χ2v) is 3.67. The van der Waals surface area contributed by atoms with Crippen LogP contribution in [0.1, 0.15) is 0 Å². The van der Waals surface area contributed by atoms with Crippen molar-refractivity contribution in [2.45, 2.75) is 3.79 Å². The first-order valence-electron chi connectivity index (χ1n) is 1.82. The molecule has 0 atom stereocenters. The molecule has 3 nitrogen and oxygen atoms in total. The highest BCUT2D eigenvalue weighted by Gasteiger charge is 2.17. The van der Waals surface area contributed by atoms with Gasteiger partial charge in [0.2, 0.25) is 3.79 Å². The zero-order valence-corrected chi connectivity index (χ0v) is 6.33. The molecule has 0 heterocycles. The quantitative estimate of drug-likeness (QED) is 0.454. The van der Waals surface area contributed by atoms with Crippen molar-refractivity contribution in [1.82, 2.24) is 0 Å². The number of carboxylic acid groups (broad SMARTS) is 1. The van der Waals surface area contributed by atoms with Gasteiger partial charge in [0.25, 0.3) is 6.16 Å². The zero-order chi connectivity index (χ0) is 7.49. The molecule has 0 N–H and O–H groups in total. The fraction of sp³-hybridized carbons (Fsp3) is 0.667. The van der Waals surface area contributed by atoms with Gasteiger partial charge in [0.05, 0.1) is 6.61 Å². The Labute approximate surface area is 66.4 Å². The second-order valence-electron chi connectivity index (χ2n) is 1.15. The Hall–Kier alpha value is 0.140.